The number of carbonyl (C=O) groups is 3. The maximum atomic E-state index is 11.8. The summed E-state index contributed by atoms with van der Waals surface area (Å²) in [5.41, 5.74) is 0.267. The number of nitrogens with one attached hydrogen (secondary N) is 1. The molecule has 0 atom stereocenters. The first-order chi connectivity index (χ1) is 10.5. The van der Waals surface area contributed by atoms with E-state index in [1.54, 1.807) is 19.1 Å². The van der Waals surface area contributed by atoms with E-state index in [1.165, 1.54) is 12.1 Å². The zero-order valence-electron chi connectivity index (χ0n) is 11.8. The van der Waals surface area contributed by atoms with Crippen LogP contribution in [-0.2, 0) is 9.59 Å². The van der Waals surface area contributed by atoms with Gasteiger partial charge in [0.25, 0.3) is 5.91 Å². The average Bonchev–Trinajstić information content (AvgIpc) is 2.47. The predicted octanol–water partition coefficient (Wildman–Crippen LogP) is 0.604. The number of rotatable bonds is 7. The average molecular weight is 305 g/mol. The highest BCUT2D eigenvalue weighted by molar-refractivity contribution is 5.97. The van der Waals surface area contributed by atoms with E-state index in [-0.39, 0.29) is 12.2 Å². The number of hydrogen-bond acceptors (Lipinski definition) is 4. The quantitative estimate of drug-likeness (QED) is 0.502. The lowest BCUT2D eigenvalue weighted by Crippen LogP contribution is -2.37. The van der Waals surface area contributed by atoms with Crippen LogP contribution in [0.3, 0.4) is 0 Å². The van der Waals surface area contributed by atoms with E-state index in [1.807, 2.05) is 0 Å². The van der Waals surface area contributed by atoms with E-state index >= 15 is 0 Å². The number of aliphatic carboxylic acids is 2. The van der Waals surface area contributed by atoms with Crippen molar-refractivity contribution < 1.29 is 29.3 Å². The second-order valence-corrected chi connectivity index (χ2v) is 4.18. The maximum Gasteiger partial charge on any atom is 0.319 e. The number of carboxylic acid groups (broad SMARTS) is 2. The molecule has 0 aliphatic carbocycles. The Kier molecular flexibility index (Phi) is 6.44. The summed E-state index contributed by atoms with van der Waals surface area (Å²) >= 11 is 0. The molecule has 0 bridgehead atoms. The number of ether oxygens (including phenoxy) is 1. The molecular weight excluding hydrogens is 290 g/mol. The first-order valence-electron chi connectivity index (χ1n) is 6.32. The third-order valence-corrected chi connectivity index (χ3v) is 2.67. The van der Waals surface area contributed by atoms with Crippen LogP contribution >= 0.6 is 0 Å². The van der Waals surface area contributed by atoms with E-state index in [0.717, 1.165) is 0 Å². The van der Waals surface area contributed by atoms with Crippen molar-refractivity contribution in [1.82, 2.24) is 5.32 Å². The van der Waals surface area contributed by atoms with Gasteiger partial charge in [0.2, 0.25) is 0 Å². The van der Waals surface area contributed by atoms with E-state index in [9.17, 15) is 14.4 Å². The maximum absolute atomic E-state index is 11.8. The Morgan fingerprint density at radius 3 is 2.27 bits per heavy atom. The van der Waals surface area contributed by atoms with Gasteiger partial charge in [-0.05, 0) is 31.2 Å². The van der Waals surface area contributed by atoms with Crippen LogP contribution in [0.5, 0.6) is 5.75 Å². The molecule has 1 amide bonds. The normalized spacial score (nSPS) is 9.55. The number of hydrogen-bond donors (Lipinski definition) is 3. The lowest BCUT2D eigenvalue weighted by molar-refractivity contribution is -0.154. The second-order valence-electron chi connectivity index (χ2n) is 4.18. The summed E-state index contributed by atoms with van der Waals surface area (Å²) in [5, 5.41) is 19.7. The highest BCUT2D eigenvalue weighted by Gasteiger charge is 2.26. The Hall–Kier alpha value is -3.01. The fourth-order valence-corrected chi connectivity index (χ4v) is 1.47. The van der Waals surface area contributed by atoms with Gasteiger partial charge in [0.05, 0.1) is 0 Å². The van der Waals surface area contributed by atoms with Crippen LogP contribution in [0.25, 0.3) is 0 Å². The summed E-state index contributed by atoms with van der Waals surface area (Å²) < 4.78 is 5.28. The Balaban J connectivity index is 2.60. The van der Waals surface area contributed by atoms with Gasteiger partial charge in [0.15, 0.2) is 5.92 Å². The third kappa shape index (κ3) is 5.17. The minimum absolute atomic E-state index is 0.237. The lowest BCUT2D eigenvalue weighted by Gasteiger charge is -2.09. The first kappa shape index (κ1) is 17.0. The van der Waals surface area contributed by atoms with Gasteiger partial charge in [-0.1, -0.05) is 5.92 Å². The molecule has 1 aromatic carbocycles. The van der Waals surface area contributed by atoms with Crippen LogP contribution in [0, 0.1) is 17.8 Å². The van der Waals surface area contributed by atoms with E-state index in [2.05, 4.69) is 17.2 Å². The molecular formula is C15H15NO6. The van der Waals surface area contributed by atoms with Gasteiger partial charge < -0.3 is 20.3 Å². The molecule has 0 aliphatic rings. The van der Waals surface area contributed by atoms with Crippen molar-refractivity contribution in [3.05, 3.63) is 29.8 Å². The fourth-order valence-electron chi connectivity index (χ4n) is 1.47. The van der Waals surface area contributed by atoms with Crippen molar-refractivity contribution in [3.8, 4) is 17.6 Å². The summed E-state index contributed by atoms with van der Waals surface area (Å²) in [6.45, 7) is 1.44. The smallest absolute Gasteiger partial charge is 0.319 e. The van der Waals surface area contributed by atoms with Crippen LogP contribution in [0.4, 0.5) is 0 Å². The van der Waals surface area contributed by atoms with Crippen LogP contribution in [-0.4, -0.2) is 41.2 Å². The van der Waals surface area contributed by atoms with Crippen molar-refractivity contribution in [3.63, 3.8) is 0 Å². The SMILES string of the molecule is CC#CCOc1ccc(C(=O)NCC(C(=O)O)C(=O)O)cc1. The lowest BCUT2D eigenvalue weighted by atomic mass is 10.1. The number of carbonyl (C=O) groups excluding carboxylic acids is 1. The van der Waals surface area contributed by atoms with Crippen molar-refractivity contribution in [2.45, 2.75) is 6.92 Å². The van der Waals surface area contributed by atoms with Gasteiger partial charge in [0.1, 0.15) is 12.4 Å². The fraction of sp³-hybridized carbons (Fsp3) is 0.267. The Morgan fingerprint density at radius 1 is 1.18 bits per heavy atom. The van der Waals surface area contributed by atoms with Crippen molar-refractivity contribution >= 4 is 17.8 Å². The Morgan fingerprint density at radius 2 is 1.77 bits per heavy atom. The van der Waals surface area contributed by atoms with Crippen LogP contribution in [0.2, 0.25) is 0 Å². The van der Waals surface area contributed by atoms with Gasteiger partial charge >= 0.3 is 11.9 Å². The Bertz CT molecular complexity index is 597. The van der Waals surface area contributed by atoms with Gasteiger partial charge in [0, 0.05) is 12.1 Å². The molecule has 0 saturated carbocycles. The molecule has 0 fully saturated rings. The van der Waals surface area contributed by atoms with Gasteiger partial charge in [-0.25, -0.2) is 0 Å². The van der Waals surface area contributed by atoms with Crippen molar-refractivity contribution in [1.29, 1.82) is 0 Å². The topological polar surface area (TPSA) is 113 Å². The van der Waals surface area contributed by atoms with Gasteiger partial charge in [-0.2, -0.15) is 0 Å². The summed E-state index contributed by atoms with van der Waals surface area (Å²) in [4.78, 5) is 33.2. The molecule has 0 saturated heterocycles. The number of carboxylic acids is 2. The van der Waals surface area contributed by atoms with Crippen LogP contribution in [0.15, 0.2) is 24.3 Å². The zero-order chi connectivity index (χ0) is 16.5. The third-order valence-electron chi connectivity index (χ3n) is 2.67. The van der Waals surface area contributed by atoms with E-state index in [0.29, 0.717) is 5.75 Å². The standard InChI is InChI=1S/C15H15NO6/c1-2-3-8-22-11-6-4-10(5-7-11)13(17)16-9-12(14(18)19)15(20)21/h4-7,12H,8-9H2,1H3,(H,16,17)(H,18,19)(H,20,21). The molecule has 0 heterocycles. The zero-order valence-corrected chi connectivity index (χ0v) is 11.8. The monoisotopic (exact) mass is 305 g/mol. The molecule has 0 aliphatic heterocycles. The molecule has 0 radical (unpaired) electrons. The summed E-state index contributed by atoms with van der Waals surface area (Å²) in [6, 6.07) is 6.11. The molecule has 116 valence electrons. The summed E-state index contributed by atoms with van der Waals surface area (Å²) in [5.74, 6) is 0.683. The molecule has 0 spiro atoms. The van der Waals surface area contributed by atoms with E-state index < -0.39 is 30.3 Å². The highest BCUT2D eigenvalue weighted by Crippen LogP contribution is 2.12. The van der Waals surface area contributed by atoms with Crippen LogP contribution in [0.1, 0.15) is 17.3 Å². The molecule has 1 rings (SSSR count). The van der Waals surface area contributed by atoms with Crippen molar-refractivity contribution in [2.24, 2.45) is 5.92 Å². The largest absolute Gasteiger partial charge is 0.481 e. The molecule has 1 aromatic rings. The van der Waals surface area contributed by atoms with Gasteiger partial charge in [-0.3, -0.25) is 14.4 Å². The number of benzene rings is 1. The minimum atomic E-state index is -1.68. The van der Waals surface area contributed by atoms with Gasteiger partial charge in [-0.15, -0.1) is 5.92 Å². The Labute approximate surface area is 126 Å². The van der Waals surface area contributed by atoms with E-state index in [4.69, 9.17) is 14.9 Å². The molecule has 3 N–H and O–H groups in total. The first-order valence-corrected chi connectivity index (χ1v) is 6.32. The van der Waals surface area contributed by atoms with Crippen LogP contribution < -0.4 is 10.1 Å². The highest BCUT2D eigenvalue weighted by atomic mass is 16.5. The van der Waals surface area contributed by atoms with Crippen molar-refractivity contribution in [2.75, 3.05) is 13.2 Å². The molecule has 7 nitrogen and oxygen atoms in total. The predicted molar refractivity (Wildman–Crippen MR) is 76.5 cm³/mol. The minimum Gasteiger partial charge on any atom is -0.481 e. The number of amides is 1. The second kappa shape index (κ2) is 8.32. The molecule has 0 unspecified atom stereocenters. The summed E-state index contributed by atoms with van der Waals surface area (Å²) in [7, 11) is 0. The molecule has 0 aromatic heterocycles. The molecule has 7 heteroatoms. The molecule has 22 heavy (non-hydrogen) atoms. The summed E-state index contributed by atoms with van der Waals surface area (Å²) in [6.07, 6.45) is 0.